The quantitative estimate of drug-likeness (QED) is 0.613. The summed E-state index contributed by atoms with van der Waals surface area (Å²) in [6.45, 7) is 5.54. The topological polar surface area (TPSA) is 29.6 Å². The molecule has 1 heterocycles. The molecular formula is C9H15N3. The molecule has 0 aliphatic carbocycles. The van der Waals surface area contributed by atoms with E-state index >= 15 is 0 Å². The van der Waals surface area contributed by atoms with Crippen molar-refractivity contribution in [2.24, 2.45) is 10.2 Å². The molecule has 0 N–H and O–H groups in total. The molecule has 1 aromatic heterocycles. The SMILES string of the molecule is CCN=NCn1ccc(CC)c1. The van der Waals surface area contributed by atoms with Gasteiger partial charge in [0.2, 0.25) is 0 Å². The monoisotopic (exact) mass is 165 g/mol. The van der Waals surface area contributed by atoms with Gasteiger partial charge in [0.1, 0.15) is 6.67 Å². The zero-order valence-electron chi connectivity index (χ0n) is 7.70. The number of hydrogen-bond acceptors (Lipinski definition) is 2. The summed E-state index contributed by atoms with van der Waals surface area (Å²) in [6, 6.07) is 2.11. The van der Waals surface area contributed by atoms with Crippen LogP contribution in [-0.4, -0.2) is 11.1 Å². The van der Waals surface area contributed by atoms with Crippen LogP contribution in [0, 0.1) is 0 Å². The summed E-state index contributed by atoms with van der Waals surface area (Å²) in [6.07, 6.45) is 5.22. The lowest BCUT2D eigenvalue weighted by Crippen LogP contribution is -1.89. The van der Waals surface area contributed by atoms with E-state index in [1.807, 2.05) is 17.7 Å². The van der Waals surface area contributed by atoms with Gasteiger partial charge >= 0.3 is 0 Å². The predicted octanol–water partition coefficient (Wildman–Crippen LogP) is 2.48. The molecule has 1 aromatic rings. The van der Waals surface area contributed by atoms with Crippen molar-refractivity contribution in [3.8, 4) is 0 Å². The Morgan fingerprint density at radius 1 is 1.33 bits per heavy atom. The molecule has 3 nitrogen and oxygen atoms in total. The largest absolute Gasteiger partial charge is 0.333 e. The molecular weight excluding hydrogens is 150 g/mol. The Labute approximate surface area is 73.1 Å². The van der Waals surface area contributed by atoms with Crippen LogP contribution in [0.2, 0.25) is 0 Å². The fourth-order valence-corrected chi connectivity index (χ4v) is 1.01. The van der Waals surface area contributed by atoms with Gasteiger partial charge in [-0.2, -0.15) is 10.2 Å². The average molecular weight is 165 g/mol. The Balaban J connectivity index is 2.47. The molecule has 1 rings (SSSR count). The van der Waals surface area contributed by atoms with Crippen LogP contribution in [0.15, 0.2) is 28.7 Å². The molecule has 0 aliphatic rings. The van der Waals surface area contributed by atoms with Crippen LogP contribution in [0.1, 0.15) is 19.4 Å². The lowest BCUT2D eigenvalue weighted by Gasteiger charge is -1.93. The van der Waals surface area contributed by atoms with Gasteiger partial charge in [0.05, 0.1) is 6.54 Å². The van der Waals surface area contributed by atoms with E-state index in [-0.39, 0.29) is 0 Å². The number of aromatic nitrogens is 1. The summed E-state index contributed by atoms with van der Waals surface area (Å²) in [5, 5.41) is 7.90. The van der Waals surface area contributed by atoms with E-state index in [4.69, 9.17) is 0 Å². The minimum absolute atomic E-state index is 0.647. The summed E-state index contributed by atoms with van der Waals surface area (Å²) >= 11 is 0. The van der Waals surface area contributed by atoms with Gasteiger partial charge in [-0.05, 0) is 25.0 Å². The Hall–Kier alpha value is -1.12. The Morgan fingerprint density at radius 3 is 2.75 bits per heavy atom. The number of nitrogens with zero attached hydrogens (tertiary/aromatic N) is 3. The molecule has 0 saturated heterocycles. The molecule has 0 aromatic carbocycles. The first kappa shape index (κ1) is 8.97. The summed E-state index contributed by atoms with van der Waals surface area (Å²) < 4.78 is 2.04. The van der Waals surface area contributed by atoms with Gasteiger partial charge in [0.25, 0.3) is 0 Å². The van der Waals surface area contributed by atoms with E-state index in [1.165, 1.54) is 5.56 Å². The molecule has 0 fully saturated rings. The Kier molecular flexibility index (Phi) is 3.51. The minimum Gasteiger partial charge on any atom is -0.333 e. The highest BCUT2D eigenvalue weighted by molar-refractivity contribution is 5.09. The standard InChI is InChI=1S/C9H15N3/c1-3-9-5-6-12(7-9)8-11-10-4-2/h5-7H,3-4,8H2,1-2H3. The first-order valence-corrected chi connectivity index (χ1v) is 4.34. The van der Waals surface area contributed by atoms with E-state index < -0.39 is 0 Å². The van der Waals surface area contributed by atoms with E-state index in [0.29, 0.717) is 6.67 Å². The smallest absolute Gasteiger partial charge is 0.134 e. The molecule has 66 valence electrons. The highest BCUT2D eigenvalue weighted by Gasteiger charge is 1.91. The average Bonchev–Trinajstić information content (AvgIpc) is 2.53. The van der Waals surface area contributed by atoms with Crippen molar-refractivity contribution in [3.63, 3.8) is 0 Å². The van der Waals surface area contributed by atoms with Crippen LogP contribution >= 0.6 is 0 Å². The van der Waals surface area contributed by atoms with Crippen molar-refractivity contribution in [3.05, 3.63) is 24.0 Å². The number of aryl methyl sites for hydroxylation is 1. The van der Waals surface area contributed by atoms with Gasteiger partial charge in [0, 0.05) is 12.4 Å². The lowest BCUT2D eigenvalue weighted by molar-refractivity contribution is 0.684. The van der Waals surface area contributed by atoms with Crippen LogP contribution in [0.3, 0.4) is 0 Å². The van der Waals surface area contributed by atoms with Crippen LogP contribution in [0.4, 0.5) is 0 Å². The molecule has 12 heavy (non-hydrogen) atoms. The third-order valence-corrected chi connectivity index (χ3v) is 1.69. The van der Waals surface area contributed by atoms with Crippen LogP contribution in [0.5, 0.6) is 0 Å². The fourth-order valence-electron chi connectivity index (χ4n) is 1.01. The second-order valence-corrected chi connectivity index (χ2v) is 2.63. The van der Waals surface area contributed by atoms with E-state index in [2.05, 4.69) is 29.4 Å². The highest BCUT2D eigenvalue weighted by Crippen LogP contribution is 2.01. The number of rotatable bonds is 4. The molecule has 0 saturated carbocycles. The lowest BCUT2D eigenvalue weighted by atomic mass is 10.3. The van der Waals surface area contributed by atoms with Crippen LogP contribution in [-0.2, 0) is 13.1 Å². The summed E-state index contributed by atoms with van der Waals surface area (Å²) in [7, 11) is 0. The van der Waals surface area contributed by atoms with Gasteiger partial charge in [-0.1, -0.05) is 6.92 Å². The maximum Gasteiger partial charge on any atom is 0.134 e. The predicted molar refractivity (Wildman–Crippen MR) is 49.2 cm³/mol. The van der Waals surface area contributed by atoms with Gasteiger partial charge in [0.15, 0.2) is 0 Å². The molecule has 0 amide bonds. The second kappa shape index (κ2) is 4.70. The van der Waals surface area contributed by atoms with Crippen molar-refractivity contribution >= 4 is 0 Å². The molecule has 0 unspecified atom stereocenters. The van der Waals surface area contributed by atoms with Crippen LogP contribution in [0.25, 0.3) is 0 Å². The van der Waals surface area contributed by atoms with Gasteiger partial charge in [-0.15, -0.1) is 0 Å². The molecule has 0 radical (unpaired) electrons. The Morgan fingerprint density at radius 2 is 2.17 bits per heavy atom. The fraction of sp³-hybridized carbons (Fsp3) is 0.556. The molecule has 0 aliphatic heterocycles. The van der Waals surface area contributed by atoms with Gasteiger partial charge in [-0.3, -0.25) is 0 Å². The number of hydrogen-bond donors (Lipinski definition) is 0. The second-order valence-electron chi connectivity index (χ2n) is 2.63. The van der Waals surface area contributed by atoms with Crippen molar-refractivity contribution in [1.29, 1.82) is 0 Å². The van der Waals surface area contributed by atoms with Crippen LogP contribution < -0.4 is 0 Å². The number of azo groups is 1. The molecule has 0 atom stereocenters. The molecule has 0 spiro atoms. The maximum atomic E-state index is 4.00. The zero-order chi connectivity index (χ0) is 8.81. The highest BCUT2D eigenvalue weighted by atomic mass is 15.2. The summed E-state index contributed by atoms with van der Waals surface area (Å²) in [5.74, 6) is 0. The third kappa shape index (κ3) is 2.49. The first-order chi connectivity index (χ1) is 5.86. The minimum atomic E-state index is 0.647. The van der Waals surface area contributed by atoms with Crippen molar-refractivity contribution in [2.45, 2.75) is 26.9 Å². The Bertz CT molecular complexity index is 250. The van der Waals surface area contributed by atoms with E-state index in [9.17, 15) is 0 Å². The third-order valence-electron chi connectivity index (χ3n) is 1.69. The molecule has 0 bridgehead atoms. The van der Waals surface area contributed by atoms with E-state index in [1.54, 1.807) is 0 Å². The normalized spacial score (nSPS) is 11.2. The van der Waals surface area contributed by atoms with Crippen molar-refractivity contribution in [1.82, 2.24) is 4.57 Å². The van der Waals surface area contributed by atoms with Crippen molar-refractivity contribution < 1.29 is 0 Å². The maximum absolute atomic E-state index is 4.00. The summed E-state index contributed by atoms with van der Waals surface area (Å²) in [4.78, 5) is 0. The summed E-state index contributed by atoms with van der Waals surface area (Å²) in [5.41, 5.74) is 1.35. The first-order valence-electron chi connectivity index (χ1n) is 4.34. The van der Waals surface area contributed by atoms with Gasteiger partial charge < -0.3 is 4.57 Å². The molecule has 3 heteroatoms. The zero-order valence-corrected chi connectivity index (χ0v) is 7.70. The van der Waals surface area contributed by atoms with Gasteiger partial charge in [-0.25, -0.2) is 0 Å². The van der Waals surface area contributed by atoms with E-state index in [0.717, 1.165) is 13.0 Å². The van der Waals surface area contributed by atoms with Crippen molar-refractivity contribution in [2.75, 3.05) is 6.54 Å².